The molecule has 0 bridgehead atoms. The van der Waals surface area contributed by atoms with Crippen LogP contribution in [0, 0.1) is 13.8 Å². The quantitative estimate of drug-likeness (QED) is 0.563. The first-order valence-corrected chi connectivity index (χ1v) is 9.49. The van der Waals surface area contributed by atoms with Gasteiger partial charge in [0.15, 0.2) is 5.65 Å². The average molecular weight is 386 g/mol. The summed E-state index contributed by atoms with van der Waals surface area (Å²) >= 11 is 3.65. The molecule has 0 saturated heterocycles. The highest BCUT2D eigenvalue weighted by molar-refractivity contribution is 9.10. The lowest BCUT2D eigenvalue weighted by Crippen LogP contribution is -2.03. The van der Waals surface area contributed by atoms with Crippen LogP contribution in [0.1, 0.15) is 49.3 Å². The number of imidazole rings is 1. The van der Waals surface area contributed by atoms with Gasteiger partial charge in [-0.25, -0.2) is 9.97 Å². The van der Waals surface area contributed by atoms with E-state index < -0.39 is 0 Å². The molecule has 0 aliphatic rings. The summed E-state index contributed by atoms with van der Waals surface area (Å²) in [5.41, 5.74) is 6.63. The minimum atomic E-state index is 0.962. The molecular formula is C20H24BrN3. The lowest BCUT2D eigenvalue weighted by atomic mass is 10.1. The first-order chi connectivity index (χ1) is 11.6. The monoisotopic (exact) mass is 385 g/mol. The van der Waals surface area contributed by atoms with E-state index in [1.165, 1.54) is 11.1 Å². The van der Waals surface area contributed by atoms with Crippen molar-refractivity contribution < 1.29 is 0 Å². The van der Waals surface area contributed by atoms with Gasteiger partial charge in [0, 0.05) is 16.6 Å². The molecule has 2 aromatic heterocycles. The zero-order chi connectivity index (χ0) is 17.3. The van der Waals surface area contributed by atoms with E-state index in [-0.39, 0.29) is 0 Å². The molecule has 0 spiro atoms. The normalized spacial score (nSPS) is 11.4. The highest BCUT2D eigenvalue weighted by Gasteiger charge is 2.17. The predicted molar refractivity (Wildman–Crippen MR) is 104 cm³/mol. The van der Waals surface area contributed by atoms with Crippen LogP contribution in [0.5, 0.6) is 0 Å². The first-order valence-electron chi connectivity index (χ1n) is 8.70. The smallest absolute Gasteiger partial charge is 0.165 e. The van der Waals surface area contributed by atoms with Crippen LogP contribution in [0.15, 0.2) is 28.7 Å². The Kier molecular flexibility index (Phi) is 5.04. The number of hydrogen-bond donors (Lipinski definition) is 0. The summed E-state index contributed by atoms with van der Waals surface area (Å²) in [7, 11) is 0. The van der Waals surface area contributed by atoms with E-state index in [4.69, 9.17) is 9.97 Å². The van der Waals surface area contributed by atoms with Crippen molar-refractivity contribution in [1.29, 1.82) is 0 Å². The van der Waals surface area contributed by atoms with Gasteiger partial charge < -0.3 is 0 Å². The Bertz CT molecular complexity index is 863. The van der Waals surface area contributed by atoms with E-state index in [0.717, 1.165) is 58.5 Å². The fourth-order valence-electron chi connectivity index (χ4n) is 3.05. The number of nitrogens with zero attached hydrogens (tertiary/aromatic N) is 3. The molecule has 24 heavy (non-hydrogen) atoms. The molecule has 3 aromatic rings. The summed E-state index contributed by atoms with van der Waals surface area (Å²) < 4.78 is 3.29. The number of pyridine rings is 1. The van der Waals surface area contributed by atoms with E-state index in [0.29, 0.717) is 0 Å². The number of benzene rings is 1. The van der Waals surface area contributed by atoms with E-state index >= 15 is 0 Å². The van der Waals surface area contributed by atoms with Gasteiger partial charge >= 0.3 is 0 Å². The van der Waals surface area contributed by atoms with E-state index in [9.17, 15) is 0 Å². The third-order valence-corrected chi connectivity index (χ3v) is 5.72. The Morgan fingerprint density at radius 2 is 1.75 bits per heavy atom. The highest BCUT2D eigenvalue weighted by Crippen LogP contribution is 2.29. The molecule has 126 valence electrons. The van der Waals surface area contributed by atoms with Crippen LogP contribution in [0.25, 0.3) is 16.9 Å². The number of halogens is 1. The van der Waals surface area contributed by atoms with Crippen molar-refractivity contribution in [3.05, 3.63) is 51.4 Å². The molecule has 0 radical (unpaired) electrons. The van der Waals surface area contributed by atoms with Crippen molar-refractivity contribution >= 4 is 27.1 Å². The van der Waals surface area contributed by atoms with Gasteiger partial charge in [0.1, 0.15) is 11.3 Å². The lowest BCUT2D eigenvalue weighted by Gasteiger charge is -2.10. The maximum Gasteiger partial charge on any atom is 0.165 e. The molecule has 0 aliphatic carbocycles. The molecule has 1 aromatic carbocycles. The average Bonchev–Trinajstić information content (AvgIpc) is 2.96. The van der Waals surface area contributed by atoms with Gasteiger partial charge in [-0.05, 0) is 65.9 Å². The largest absolute Gasteiger partial charge is 0.281 e. The van der Waals surface area contributed by atoms with Crippen molar-refractivity contribution in [2.45, 2.75) is 53.4 Å². The zero-order valence-electron chi connectivity index (χ0n) is 14.9. The molecule has 2 heterocycles. The Morgan fingerprint density at radius 3 is 2.38 bits per heavy atom. The van der Waals surface area contributed by atoms with Gasteiger partial charge in [0.2, 0.25) is 0 Å². The maximum atomic E-state index is 4.94. The summed E-state index contributed by atoms with van der Waals surface area (Å²) in [4.78, 5) is 9.78. The molecule has 0 amide bonds. The molecule has 0 unspecified atom stereocenters. The summed E-state index contributed by atoms with van der Waals surface area (Å²) in [6, 6.07) is 8.76. The Morgan fingerprint density at radius 1 is 1.04 bits per heavy atom. The van der Waals surface area contributed by atoms with Gasteiger partial charge in [-0.1, -0.05) is 32.4 Å². The number of fused-ring (bicyclic) bond motifs is 1. The lowest BCUT2D eigenvalue weighted by molar-refractivity contribution is 0.742. The van der Waals surface area contributed by atoms with Crippen molar-refractivity contribution in [3.8, 4) is 5.69 Å². The summed E-state index contributed by atoms with van der Waals surface area (Å²) in [5, 5.41) is 0. The minimum absolute atomic E-state index is 0.962. The second-order valence-electron chi connectivity index (χ2n) is 6.30. The topological polar surface area (TPSA) is 30.7 Å². The van der Waals surface area contributed by atoms with E-state index in [1.807, 2.05) is 6.92 Å². The Labute approximate surface area is 152 Å². The summed E-state index contributed by atoms with van der Waals surface area (Å²) in [6.07, 6.45) is 4.32. The molecule has 0 saturated carbocycles. The molecule has 0 fully saturated rings. The fourth-order valence-corrected chi connectivity index (χ4v) is 3.33. The zero-order valence-corrected chi connectivity index (χ0v) is 16.4. The van der Waals surface area contributed by atoms with Crippen LogP contribution < -0.4 is 0 Å². The van der Waals surface area contributed by atoms with Gasteiger partial charge in [0.25, 0.3) is 0 Å². The Hall–Kier alpha value is -1.68. The van der Waals surface area contributed by atoms with Crippen LogP contribution in [-0.2, 0) is 12.8 Å². The van der Waals surface area contributed by atoms with Gasteiger partial charge in [-0.3, -0.25) is 4.57 Å². The third kappa shape index (κ3) is 3.00. The minimum Gasteiger partial charge on any atom is -0.281 e. The number of unbranched alkanes of at least 4 members (excludes halogenated alkanes) is 1. The van der Waals surface area contributed by atoms with Crippen LogP contribution in [-0.4, -0.2) is 14.5 Å². The van der Waals surface area contributed by atoms with Crippen LogP contribution in [0.4, 0.5) is 0 Å². The molecule has 3 rings (SSSR count). The molecular weight excluding hydrogens is 362 g/mol. The molecule has 0 N–H and O–H groups in total. The van der Waals surface area contributed by atoms with Crippen LogP contribution in [0.2, 0.25) is 0 Å². The second-order valence-corrected chi connectivity index (χ2v) is 7.09. The van der Waals surface area contributed by atoms with Gasteiger partial charge in [0.05, 0.1) is 5.69 Å². The second kappa shape index (κ2) is 7.06. The summed E-state index contributed by atoms with van der Waals surface area (Å²) in [5.74, 6) is 1.10. The number of aromatic nitrogens is 3. The van der Waals surface area contributed by atoms with Gasteiger partial charge in [-0.2, -0.15) is 0 Å². The van der Waals surface area contributed by atoms with Gasteiger partial charge in [-0.15, -0.1) is 0 Å². The third-order valence-electron chi connectivity index (χ3n) is 4.56. The standard InChI is InChI=1S/C20H24BrN3/c1-5-7-8-17-23-19-13(3)18(21)14(4)22-20(19)24(17)16-11-9-15(6-2)10-12-16/h9-12H,5-8H2,1-4H3. The first kappa shape index (κ1) is 17.2. The van der Waals surface area contributed by atoms with Crippen molar-refractivity contribution in [3.63, 3.8) is 0 Å². The fraction of sp³-hybridized carbons (Fsp3) is 0.400. The van der Waals surface area contributed by atoms with Crippen molar-refractivity contribution in [2.24, 2.45) is 0 Å². The SMILES string of the molecule is CCCCc1nc2c(C)c(Br)c(C)nc2n1-c1ccc(CC)cc1. The molecule has 4 heteroatoms. The molecule has 0 aliphatic heterocycles. The molecule has 3 nitrogen and oxygen atoms in total. The number of rotatable bonds is 5. The molecule has 0 atom stereocenters. The summed E-state index contributed by atoms with van der Waals surface area (Å²) in [6.45, 7) is 8.55. The maximum absolute atomic E-state index is 4.94. The number of hydrogen-bond acceptors (Lipinski definition) is 2. The van der Waals surface area contributed by atoms with Crippen LogP contribution >= 0.6 is 15.9 Å². The van der Waals surface area contributed by atoms with Crippen molar-refractivity contribution in [2.75, 3.05) is 0 Å². The van der Waals surface area contributed by atoms with E-state index in [2.05, 4.69) is 65.5 Å². The van der Waals surface area contributed by atoms with Crippen molar-refractivity contribution in [1.82, 2.24) is 14.5 Å². The Balaban J connectivity index is 2.25. The van der Waals surface area contributed by atoms with E-state index in [1.54, 1.807) is 0 Å². The predicted octanol–water partition coefficient (Wildman–Crippen LogP) is 5.70. The highest BCUT2D eigenvalue weighted by atomic mass is 79.9. The van der Waals surface area contributed by atoms with Crippen LogP contribution in [0.3, 0.4) is 0 Å². The number of aryl methyl sites for hydroxylation is 4.